The molecular weight excluding hydrogens is 637 g/mol. The zero-order valence-corrected chi connectivity index (χ0v) is 26.1. The number of aryl methyl sites for hydroxylation is 2. The molecule has 250 valence electrons. The van der Waals surface area contributed by atoms with Crippen molar-refractivity contribution in [1.82, 2.24) is 14.9 Å². The van der Waals surface area contributed by atoms with Crippen molar-refractivity contribution in [3.8, 4) is 16.9 Å². The maximum atomic E-state index is 15.1. The minimum Gasteiger partial charge on any atom is -0.492 e. The van der Waals surface area contributed by atoms with Crippen LogP contribution in [0.4, 0.5) is 27.6 Å². The van der Waals surface area contributed by atoms with Crippen molar-refractivity contribution in [3.63, 3.8) is 0 Å². The van der Waals surface area contributed by atoms with Gasteiger partial charge in [0.1, 0.15) is 5.69 Å². The van der Waals surface area contributed by atoms with Crippen molar-refractivity contribution in [2.75, 3.05) is 32.2 Å². The Morgan fingerprint density at radius 3 is 2.58 bits per heavy atom. The summed E-state index contributed by atoms with van der Waals surface area (Å²) in [5.74, 6) is -3.40. The molecule has 1 aliphatic heterocycles. The van der Waals surface area contributed by atoms with Crippen LogP contribution in [0.3, 0.4) is 0 Å². The number of anilines is 1. The summed E-state index contributed by atoms with van der Waals surface area (Å²) in [5.41, 5.74) is -1.31. The lowest BCUT2D eigenvalue weighted by atomic mass is 9.94. The summed E-state index contributed by atoms with van der Waals surface area (Å²) in [7, 11) is 2.91. The molecule has 0 aliphatic carbocycles. The van der Waals surface area contributed by atoms with Gasteiger partial charge in [-0.3, -0.25) is 14.2 Å². The van der Waals surface area contributed by atoms with E-state index < -0.39 is 40.9 Å². The van der Waals surface area contributed by atoms with Crippen LogP contribution in [0, 0.1) is 18.6 Å². The summed E-state index contributed by atoms with van der Waals surface area (Å²) in [6, 6.07) is 8.71. The Kier molecular flexibility index (Phi) is 8.79. The van der Waals surface area contributed by atoms with E-state index in [1.54, 1.807) is 18.5 Å². The van der Waals surface area contributed by atoms with Crippen LogP contribution in [0.1, 0.15) is 28.2 Å². The van der Waals surface area contributed by atoms with E-state index in [4.69, 9.17) is 9.47 Å². The number of rotatable bonds is 8. The predicted octanol–water partition coefficient (Wildman–Crippen LogP) is 5.79. The molecule has 3 N–H and O–H groups in total. The van der Waals surface area contributed by atoms with Gasteiger partial charge in [-0.15, -0.1) is 0 Å². The second-order valence-electron chi connectivity index (χ2n) is 11.4. The molecule has 1 saturated heterocycles. The first-order valence-electron chi connectivity index (χ1n) is 15.0. The predicted molar refractivity (Wildman–Crippen MR) is 168 cm³/mol. The summed E-state index contributed by atoms with van der Waals surface area (Å²) >= 11 is 0. The highest BCUT2D eigenvalue weighted by Crippen LogP contribution is 2.47. The number of ether oxygens (including phenoxy) is 2. The van der Waals surface area contributed by atoms with Crippen LogP contribution in [-0.2, 0) is 22.8 Å². The molecule has 1 atom stereocenters. The number of carbonyl (C=O) groups excluding carboxylic acids is 2. The summed E-state index contributed by atoms with van der Waals surface area (Å²) in [5, 5.41) is 5.59. The van der Waals surface area contributed by atoms with Gasteiger partial charge >= 0.3 is 6.18 Å². The number of hydrogen-bond donors (Lipinski definition) is 3. The topological polar surface area (TPSA) is 101 Å². The summed E-state index contributed by atoms with van der Waals surface area (Å²) < 4.78 is 87.3. The fourth-order valence-corrected chi connectivity index (χ4v) is 5.95. The molecule has 0 spiro atoms. The van der Waals surface area contributed by atoms with Gasteiger partial charge < -0.3 is 20.1 Å². The number of alkyl halides is 3. The molecule has 14 heteroatoms. The maximum absolute atomic E-state index is 15.1. The van der Waals surface area contributed by atoms with Crippen molar-refractivity contribution >= 4 is 39.4 Å². The molecule has 0 saturated carbocycles. The van der Waals surface area contributed by atoms with E-state index >= 15 is 8.78 Å². The van der Waals surface area contributed by atoms with Crippen molar-refractivity contribution < 1.29 is 45.6 Å². The first-order valence-corrected chi connectivity index (χ1v) is 15.0. The molecule has 3 heterocycles. The second kappa shape index (κ2) is 12.8. The molecule has 0 bridgehead atoms. The summed E-state index contributed by atoms with van der Waals surface area (Å²) in [6.45, 7) is 3.30. The number of imidazole rings is 1. The SMILES string of the molecule is COc1c(-c2cccc3c2ccn3C(=O)c2cc(F)c(NC(=O)/C=C/CN[C@H]3CCOC3)c(F)c2)c(C(F)(F)F)cc2c1[nH]c(C)[n+]2C. The molecule has 1 amide bonds. The first-order chi connectivity index (χ1) is 22.9. The van der Waals surface area contributed by atoms with Crippen LogP contribution >= 0.6 is 0 Å². The molecule has 5 aromatic rings. The maximum Gasteiger partial charge on any atom is 0.417 e. The molecule has 1 fully saturated rings. The number of nitrogens with one attached hydrogen (secondary N) is 3. The molecule has 0 radical (unpaired) electrons. The number of nitrogens with zero attached hydrogens (tertiary/aromatic N) is 2. The fourth-order valence-electron chi connectivity index (χ4n) is 5.95. The number of amides is 1. The lowest BCUT2D eigenvalue weighted by molar-refractivity contribution is -0.651. The van der Waals surface area contributed by atoms with Crippen molar-refractivity contribution in [2.45, 2.75) is 25.6 Å². The number of H-pyrrole nitrogens is 1. The largest absolute Gasteiger partial charge is 0.492 e. The number of aromatic amines is 1. The molecule has 0 unspecified atom stereocenters. The van der Waals surface area contributed by atoms with E-state index in [1.165, 1.54) is 43.6 Å². The van der Waals surface area contributed by atoms with Gasteiger partial charge in [-0.25, -0.2) is 18.3 Å². The Hall–Kier alpha value is -5.08. The standard InChI is InChI=1S/C34H30F5N5O4/c1-18-41-31-27(43(18)2)16-23(34(37,38)39)29(32(31)47-3)22-6-4-7-26-21(22)9-12-44(26)33(46)19-14-24(35)30(25(36)15-19)42-28(45)8-5-11-40-20-10-13-48-17-20/h4-9,12,14-16,20,40H,10-11,13,17H2,1-3H3,(H,42,45,46)/p+1/b8-5+/t20-/m0/s1. The minimum absolute atomic E-state index is 0.0357. The fraction of sp³-hybridized carbons (Fsp3) is 0.265. The molecule has 9 nitrogen and oxygen atoms in total. The van der Waals surface area contributed by atoms with Gasteiger partial charge in [-0.2, -0.15) is 13.2 Å². The third kappa shape index (κ3) is 6.04. The van der Waals surface area contributed by atoms with E-state index in [1.807, 2.05) is 0 Å². The number of methoxy groups -OCH3 is 1. The number of aromatic nitrogens is 3. The van der Waals surface area contributed by atoms with Gasteiger partial charge in [0.2, 0.25) is 11.4 Å². The van der Waals surface area contributed by atoms with Crippen LogP contribution < -0.4 is 19.9 Å². The van der Waals surface area contributed by atoms with Gasteiger partial charge in [-0.1, -0.05) is 18.2 Å². The van der Waals surface area contributed by atoms with Crippen molar-refractivity contribution in [2.24, 2.45) is 7.05 Å². The highest BCUT2D eigenvalue weighted by molar-refractivity contribution is 6.08. The lowest BCUT2D eigenvalue weighted by Crippen LogP contribution is -2.30. The Morgan fingerprint density at radius 1 is 1.17 bits per heavy atom. The number of carbonyl (C=O) groups is 2. The van der Waals surface area contributed by atoms with Crippen LogP contribution in [0.25, 0.3) is 33.1 Å². The lowest BCUT2D eigenvalue weighted by Gasteiger charge is -2.17. The molecular formula is C34H31F5N5O4+. The van der Waals surface area contributed by atoms with E-state index in [0.717, 1.165) is 35.3 Å². The molecule has 3 aromatic carbocycles. The minimum atomic E-state index is -4.76. The smallest absolute Gasteiger partial charge is 0.417 e. The molecule has 1 aliphatic rings. The van der Waals surface area contributed by atoms with Crippen LogP contribution in [0.5, 0.6) is 5.75 Å². The number of benzene rings is 3. The third-order valence-electron chi connectivity index (χ3n) is 8.42. The average Bonchev–Trinajstić information content (AvgIpc) is 3.79. The highest BCUT2D eigenvalue weighted by atomic mass is 19.4. The van der Waals surface area contributed by atoms with Gasteiger partial charge in [0, 0.05) is 61.0 Å². The molecule has 2 aromatic heterocycles. The van der Waals surface area contributed by atoms with Crippen LogP contribution in [0.15, 0.2) is 60.8 Å². The summed E-state index contributed by atoms with van der Waals surface area (Å²) in [4.78, 5) is 28.9. The van der Waals surface area contributed by atoms with Crippen LogP contribution in [0.2, 0.25) is 0 Å². The Bertz CT molecular complexity index is 2070. The average molecular weight is 669 g/mol. The number of halogens is 5. The Labute approximate surface area is 270 Å². The van der Waals surface area contributed by atoms with E-state index in [0.29, 0.717) is 31.1 Å². The van der Waals surface area contributed by atoms with E-state index in [9.17, 15) is 22.8 Å². The number of hydrogen-bond acceptors (Lipinski definition) is 5. The first kappa shape index (κ1) is 32.8. The van der Waals surface area contributed by atoms with Gasteiger partial charge in [0.25, 0.3) is 11.7 Å². The zero-order chi connectivity index (χ0) is 34.3. The van der Waals surface area contributed by atoms with E-state index in [-0.39, 0.29) is 44.9 Å². The third-order valence-corrected chi connectivity index (χ3v) is 8.42. The summed E-state index contributed by atoms with van der Waals surface area (Å²) in [6.07, 6.45) is 0.0443. The van der Waals surface area contributed by atoms with Crippen molar-refractivity contribution in [1.29, 1.82) is 0 Å². The molecule has 6 rings (SSSR count). The van der Waals surface area contributed by atoms with Gasteiger partial charge in [-0.05, 0) is 36.2 Å². The molecule has 48 heavy (non-hydrogen) atoms. The van der Waals surface area contributed by atoms with Gasteiger partial charge in [0.15, 0.2) is 22.9 Å². The Morgan fingerprint density at radius 2 is 1.92 bits per heavy atom. The van der Waals surface area contributed by atoms with Gasteiger partial charge in [0.05, 0.1) is 31.8 Å². The van der Waals surface area contributed by atoms with Crippen LogP contribution in [-0.4, -0.2) is 54.3 Å². The normalized spacial score (nSPS) is 15.2. The zero-order valence-electron chi connectivity index (χ0n) is 26.1. The highest BCUT2D eigenvalue weighted by Gasteiger charge is 2.39. The monoisotopic (exact) mass is 668 g/mol. The quantitative estimate of drug-likeness (QED) is 0.111. The number of fused-ring (bicyclic) bond motifs is 2. The Balaban J connectivity index is 1.32. The van der Waals surface area contributed by atoms with Crippen molar-refractivity contribution in [3.05, 3.63) is 89.4 Å². The van der Waals surface area contributed by atoms with E-state index in [2.05, 4.69) is 15.6 Å². The second-order valence-corrected chi connectivity index (χ2v) is 11.4.